The van der Waals surface area contributed by atoms with Gasteiger partial charge >= 0.3 is 11.9 Å². The fourth-order valence-corrected chi connectivity index (χ4v) is 13.7. The van der Waals surface area contributed by atoms with Crippen LogP contribution in [0.25, 0.3) is 43.1 Å². The van der Waals surface area contributed by atoms with Crippen LogP contribution in [0.4, 0.5) is 0 Å². The number of benzene rings is 9. The number of ether oxygens (including phenoxy) is 10. The van der Waals surface area contributed by atoms with Gasteiger partial charge in [-0.2, -0.15) is 0 Å². The summed E-state index contributed by atoms with van der Waals surface area (Å²) < 4.78 is 62.5. The lowest BCUT2D eigenvalue weighted by Gasteiger charge is -2.32. The SMILES string of the molecule is CC(C)c1ccc(Oc2cc3c4c(cc(Oc5ccc(C(C)C)cc5)c5c6c(Oc7ccc(C(C)C)cc7)cc7c8c(cc(Oc9ccc(C(C)C)cc9)c(c2c45)c86)C(=O)N(CC(=O)OCCN(CC2CO2)CC2CO2)C7=O)C(=O)N(CC(=O)OCCN(CC2CO2)CC2CO2)C3=O)cc1. The molecule has 6 aliphatic heterocycles. The lowest BCUT2D eigenvalue weighted by Crippen LogP contribution is -2.44. The van der Waals surface area contributed by atoms with Gasteiger partial charge in [0.25, 0.3) is 23.6 Å². The Morgan fingerprint density at radius 1 is 0.370 bits per heavy atom. The minimum absolute atomic E-state index is 0.0175. The highest BCUT2D eigenvalue weighted by Crippen LogP contribution is 2.58. The Bertz CT molecular complexity index is 4130. The molecule has 0 aliphatic carbocycles. The summed E-state index contributed by atoms with van der Waals surface area (Å²) in [5.74, 6) is -2.15. The van der Waals surface area contributed by atoms with E-state index in [0.29, 0.717) is 121 Å². The van der Waals surface area contributed by atoms with Crippen molar-refractivity contribution in [3.8, 4) is 46.0 Å². The average Bonchev–Trinajstić information content (AvgIpc) is 0.757. The van der Waals surface area contributed by atoms with Crippen LogP contribution >= 0.6 is 0 Å². The highest BCUT2D eigenvalue weighted by Gasteiger charge is 2.43. The molecule has 4 unspecified atom stereocenters. The quantitative estimate of drug-likeness (QED) is 0.0134. The van der Waals surface area contributed by atoms with Gasteiger partial charge in [0.05, 0.1) is 73.1 Å². The highest BCUT2D eigenvalue weighted by atomic mass is 16.6. The zero-order valence-corrected chi connectivity index (χ0v) is 57.4. The Kier molecular flexibility index (Phi) is 18.0. The van der Waals surface area contributed by atoms with Crippen LogP contribution in [-0.4, -0.2) is 172 Å². The van der Waals surface area contributed by atoms with Crippen molar-refractivity contribution < 1.29 is 76.1 Å². The molecule has 4 fully saturated rings. The van der Waals surface area contributed by atoms with Crippen molar-refractivity contribution in [3.63, 3.8) is 0 Å². The van der Waals surface area contributed by atoms with Crippen LogP contribution in [0, 0.1) is 0 Å². The Balaban J connectivity index is 0.963. The molecule has 9 aromatic rings. The summed E-state index contributed by atoms with van der Waals surface area (Å²) in [6.07, 6.45) is 0.351. The molecule has 20 nitrogen and oxygen atoms in total. The predicted molar refractivity (Wildman–Crippen MR) is 375 cm³/mol. The molecule has 4 saturated heterocycles. The van der Waals surface area contributed by atoms with E-state index in [1.54, 1.807) is 24.3 Å². The number of amides is 4. The zero-order chi connectivity index (χ0) is 69.4. The van der Waals surface area contributed by atoms with Gasteiger partial charge in [-0.15, -0.1) is 0 Å². The van der Waals surface area contributed by atoms with Gasteiger partial charge in [0.1, 0.15) is 72.3 Å². The number of carbonyl (C=O) groups is 6. The van der Waals surface area contributed by atoms with Gasteiger partial charge in [-0.25, -0.2) is 0 Å². The number of hydrogen-bond donors (Lipinski definition) is 0. The van der Waals surface area contributed by atoms with E-state index in [0.717, 1.165) is 32.1 Å². The summed E-state index contributed by atoms with van der Waals surface area (Å²) in [7, 11) is 0. The lowest BCUT2D eigenvalue weighted by molar-refractivity contribution is -0.145. The van der Waals surface area contributed by atoms with E-state index in [4.69, 9.17) is 47.4 Å². The van der Waals surface area contributed by atoms with Crippen LogP contribution in [0.3, 0.4) is 0 Å². The molecular formula is C80H80N4O16. The van der Waals surface area contributed by atoms with E-state index in [1.165, 1.54) is 0 Å². The Hall–Kier alpha value is -9.54. The number of fused-ring (bicyclic) bond motifs is 2. The molecule has 0 N–H and O–H groups in total. The first-order valence-corrected chi connectivity index (χ1v) is 34.7. The van der Waals surface area contributed by atoms with Crippen LogP contribution in [-0.2, 0) is 38.0 Å². The Labute approximate surface area is 579 Å². The van der Waals surface area contributed by atoms with Crippen LogP contribution in [0.2, 0.25) is 0 Å². The topological polar surface area (TPSA) is 221 Å². The maximum Gasteiger partial charge on any atom is 0.326 e. The van der Waals surface area contributed by atoms with Gasteiger partial charge in [0.15, 0.2) is 0 Å². The minimum Gasteiger partial charge on any atom is -0.463 e. The first-order chi connectivity index (χ1) is 48.3. The number of carbonyl (C=O) groups excluding carboxylic acids is 6. The van der Waals surface area contributed by atoms with Gasteiger partial charge in [0.2, 0.25) is 0 Å². The molecule has 6 heterocycles. The van der Waals surface area contributed by atoms with Crippen molar-refractivity contribution in [3.05, 3.63) is 166 Å². The van der Waals surface area contributed by atoms with Gasteiger partial charge < -0.3 is 47.4 Å². The molecule has 20 heteroatoms. The summed E-state index contributed by atoms with van der Waals surface area (Å²) in [5, 5.41) is 2.28. The summed E-state index contributed by atoms with van der Waals surface area (Å²) in [6.45, 7) is 21.1. The lowest BCUT2D eigenvalue weighted by atomic mass is 9.80. The molecule has 100 heavy (non-hydrogen) atoms. The maximum atomic E-state index is 15.8. The Morgan fingerprint density at radius 3 is 0.810 bits per heavy atom. The molecular weight excluding hydrogens is 1270 g/mol. The molecule has 6 aliphatic rings. The second kappa shape index (κ2) is 27.2. The number of imide groups is 2. The first-order valence-electron chi connectivity index (χ1n) is 34.7. The third-order valence-electron chi connectivity index (χ3n) is 19.5. The number of esters is 2. The van der Waals surface area contributed by atoms with Crippen molar-refractivity contribution in [1.82, 2.24) is 19.6 Å². The third kappa shape index (κ3) is 13.7. The molecule has 0 aromatic heterocycles. The van der Waals surface area contributed by atoms with Crippen molar-refractivity contribution >= 4 is 78.7 Å². The summed E-state index contributed by atoms with van der Waals surface area (Å²) in [5.41, 5.74) is 4.23. The van der Waals surface area contributed by atoms with Crippen molar-refractivity contribution in [2.45, 2.75) is 103 Å². The normalized spacial score (nSPS) is 18.3. The van der Waals surface area contributed by atoms with Gasteiger partial charge in [-0.05, 0) is 119 Å². The number of epoxide rings is 4. The third-order valence-corrected chi connectivity index (χ3v) is 19.5. The molecule has 4 atom stereocenters. The molecule has 4 amide bonds. The fraction of sp³-hybridized carbons (Fsp3) is 0.375. The van der Waals surface area contributed by atoms with E-state index >= 15 is 19.2 Å². The van der Waals surface area contributed by atoms with Crippen molar-refractivity contribution in [2.75, 3.05) is 92.0 Å². The number of nitrogens with zero attached hydrogens (tertiary/aromatic N) is 4. The van der Waals surface area contributed by atoms with Crippen molar-refractivity contribution in [2.24, 2.45) is 0 Å². The van der Waals surface area contributed by atoms with E-state index < -0.39 is 48.7 Å². The summed E-state index contributed by atoms with van der Waals surface area (Å²) in [4.78, 5) is 97.6. The number of hydrogen-bond acceptors (Lipinski definition) is 18. The zero-order valence-electron chi connectivity index (χ0n) is 57.4. The highest BCUT2D eigenvalue weighted by molar-refractivity contribution is 6.45. The van der Waals surface area contributed by atoms with Gasteiger partial charge in [-0.3, -0.25) is 48.4 Å². The fourth-order valence-electron chi connectivity index (χ4n) is 13.7. The van der Waals surface area contributed by atoms with Crippen LogP contribution in [0.1, 0.15) is 143 Å². The Morgan fingerprint density at radius 2 is 0.600 bits per heavy atom. The maximum absolute atomic E-state index is 15.8. The molecule has 0 radical (unpaired) electrons. The molecule has 0 saturated carbocycles. The van der Waals surface area contributed by atoms with E-state index in [9.17, 15) is 9.59 Å². The molecule has 0 spiro atoms. The smallest absolute Gasteiger partial charge is 0.326 e. The summed E-state index contributed by atoms with van der Waals surface area (Å²) >= 11 is 0. The van der Waals surface area contributed by atoms with Crippen LogP contribution in [0.15, 0.2) is 121 Å². The van der Waals surface area contributed by atoms with Gasteiger partial charge in [-0.1, -0.05) is 104 Å². The molecule has 0 bridgehead atoms. The first kappa shape index (κ1) is 66.3. The predicted octanol–water partition coefficient (Wildman–Crippen LogP) is 13.9. The van der Waals surface area contributed by atoms with Crippen LogP contribution in [0.5, 0.6) is 46.0 Å². The van der Waals surface area contributed by atoms with E-state index in [1.807, 2.05) is 97.1 Å². The van der Waals surface area contributed by atoms with Crippen LogP contribution < -0.4 is 18.9 Å². The minimum atomic E-state index is -0.800. The van der Waals surface area contributed by atoms with E-state index in [2.05, 4.69) is 65.2 Å². The second-order valence-electron chi connectivity index (χ2n) is 28.2. The molecule has 9 aromatic carbocycles. The monoisotopic (exact) mass is 1350 g/mol. The summed E-state index contributed by atoms with van der Waals surface area (Å²) in [6, 6.07) is 36.7. The van der Waals surface area contributed by atoms with Crippen molar-refractivity contribution in [1.29, 1.82) is 0 Å². The largest absolute Gasteiger partial charge is 0.463 e. The van der Waals surface area contributed by atoms with E-state index in [-0.39, 0.29) is 117 Å². The number of rotatable bonds is 30. The molecule has 516 valence electrons. The average molecular weight is 1350 g/mol. The van der Waals surface area contributed by atoms with Gasteiger partial charge in [0, 0.05) is 82.4 Å². The second-order valence-corrected chi connectivity index (χ2v) is 28.2. The molecule has 15 rings (SSSR count). The standard InChI is InChI=1S/C80H80N4O16/c1-43(2)47-9-17-51(18-10-47)97-63-29-59-69-60(78(88)83(77(59)87)37-67(85)91-27-25-81(33-55-39-93-55)34-56-40-94-56)31-65(99-53-21-13-49(14-22-53)45(5)6)73-74-66(100-54-23-15-50(16-24-54)46(7)8)32-62-70-61(30-64(72(76(70)74)71(63)75(69)73)98-52-19-11-48(12-20-52)44(3)4)79(89)84(80(62)90)38-68(86)92-28-26-82(35-57-41-95-57)36-58-42-96-58/h9-24,29-32,43-46,55-58H,25-28,33-42H2,1-8H3.